The van der Waals surface area contributed by atoms with E-state index in [2.05, 4.69) is 10.4 Å². The lowest BCUT2D eigenvalue weighted by Crippen LogP contribution is -2.20. The summed E-state index contributed by atoms with van der Waals surface area (Å²) < 4.78 is 7.28. The van der Waals surface area contributed by atoms with E-state index in [4.69, 9.17) is 10.5 Å². The maximum absolute atomic E-state index is 12.0. The molecule has 3 N–H and O–H groups in total. The summed E-state index contributed by atoms with van der Waals surface area (Å²) in [5, 5.41) is 6.95. The summed E-state index contributed by atoms with van der Waals surface area (Å²) >= 11 is 0. The fourth-order valence-corrected chi connectivity index (χ4v) is 2.53. The van der Waals surface area contributed by atoms with Crippen LogP contribution in [0.5, 0.6) is 5.75 Å². The monoisotopic (exact) mass is 364 g/mol. The van der Waals surface area contributed by atoms with Crippen LogP contribution in [0.25, 0.3) is 0 Å². The minimum atomic E-state index is -0.390. The van der Waals surface area contributed by atoms with Gasteiger partial charge in [0.05, 0.1) is 13.0 Å². The van der Waals surface area contributed by atoms with Crippen LogP contribution in [0.2, 0.25) is 0 Å². The molecule has 0 aliphatic heterocycles. The van der Waals surface area contributed by atoms with Crippen LogP contribution in [0, 0.1) is 0 Å². The number of carbonyl (C=O) groups is 2. The van der Waals surface area contributed by atoms with Crippen LogP contribution in [0.3, 0.4) is 0 Å². The number of hydrogen-bond donors (Lipinski definition) is 2. The molecule has 0 unspecified atom stereocenters. The number of ether oxygens (including phenoxy) is 1. The van der Waals surface area contributed by atoms with Gasteiger partial charge < -0.3 is 15.8 Å². The van der Waals surface area contributed by atoms with Gasteiger partial charge in [-0.2, -0.15) is 5.10 Å². The largest absolute Gasteiger partial charge is 0.484 e. The molecule has 2 aromatic carbocycles. The molecular formula is C20H20N4O3. The smallest absolute Gasteiger partial charge is 0.262 e. The number of primary amides is 1. The number of amides is 2. The Balaban J connectivity index is 1.46. The van der Waals surface area contributed by atoms with Crippen molar-refractivity contribution in [1.82, 2.24) is 9.78 Å². The van der Waals surface area contributed by atoms with Crippen molar-refractivity contribution in [2.24, 2.45) is 5.73 Å². The lowest BCUT2D eigenvalue weighted by molar-refractivity contribution is -0.118. The number of hydrogen-bond acceptors (Lipinski definition) is 4. The number of aromatic nitrogens is 2. The second-order valence-corrected chi connectivity index (χ2v) is 6.02. The van der Waals surface area contributed by atoms with Gasteiger partial charge in [0, 0.05) is 18.1 Å². The predicted molar refractivity (Wildman–Crippen MR) is 101 cm³/mol. The summed E-state index contributed by atoms with van der Waals surface area (Å²) in [4.78, 5) is 22.9. The summed E-state index contributed by atoms with van der Waals surface area (Å²) in [6.45, 7) is 0.570. The summed E-state index contributed by atoms with van der Waals surface area (Å²) in [7, 11) is 0. The minimum absolute atomic E-state index is 0.107. The molecule has 3 aromatic rings. The highest BCUT2D eigenvalue weighted by Crippen LogP contribution is 2.14. The van der Waals surface area contributed by atoms with Crippen molar-refractivity contribution in [3.8, 4) is 5.75 Å². The van der Waals surface area contributed by atoms with Crippen LogP contribution >= 0.6 is 0 Å². The molecular weight excluding hydrogens is 344 g/mol. The van der Waals surface area contributed by atoms with Crippen molar-refractivity contribution in [2.45, 2.75) is 13.0 Å². The van der Waals surface area contributed by atoms with E-state index in [1.807, 2.05) is 41.2 Å². The average molecular weight is 364 g/mol. The molecule has 0 fully saturated rings. The molecule has 7 nitrogen and oxygen atoms in total. The van der Waals surface area contributed by atoms with Crippen molar-refractivity contribution < 1.29 is 14.3 Å². The second-order valence-electron chi connectivity index (χ2n) is 6.02. The average Bonchev–Trinajstić information content (AvgIpc) is 3.15. The quantitative estimate of drug-likeness (QED) is 0.638. The molecule has 0 bridgehead atoms. The van der Waals surface area contributed by atoms with Crippen molar-refractivity contribution >= 4 is 17.5 Å². The Morgan fingerprint density at radius 1 is 1.04 bits per heavy atom. The van der Waals surface area contributed by atoms with Gasteiger partial charge in [-0.05, 0) is 41.5 Å². The first kappa shape index (κ1) is 18.2. The van der Waals surface area contributed by atoms with Gasteiger partial charge in [0.15, 0.2) is 6.61 Å². The van der Waals surface area contributed by atoms with Crippen LogP contribution in [0.15, 0.2) is 67.0 Å². The predicted octanol–water partition coefficient (Wildman–Crippen LogP) is 1.98. The zero-order valence-electron chi connectivity index (χ0n) is 14.7. The topological polar surface area (TPSA) is 99.2 Å². The lowest BCUT2D eigenvalue weighted by atomic mass is 10.1. The molecule has 1 aromatic heterocycles. The third-order valence-corrected chi connectivity index (χ3v) is 3.81. The highest BCUT2D eigenvalue weighted by atomic mass is 16.5. The first-order valence-electron chi connectivity index (χ1n) is 8.45. The Bertz CT molecular complexity index is 888. The summed E-state index contributed by atoms with van der Waals surface area (Å²) in [5.74, 6) is -0.0948. The van der Waals surface area contributed by atoms with E-state index in [0.29, 0.717) is 18.0 Å². The number of nitrogens with two attached hydrogens (primary N) is 1. The molecule has 7 heteroatoms. The number of benzene rings is 2. The molecule has 0 saturated heterocycles. The normalized spacial score (nSPS) is 10.4. The third-order valence-electron chi connectivity index (χ3n) is 3.81. The van der Waals surface area contributed by atoms with Crippen molar-refractivity contribution in [1.29, 1.82) is 0 Å². The molecule has 0 aliphatic carbocycles. The molecule has 0 spiro atoms. The molecule has 1 heterocycles. The van der Waals surface area contributed by atoms with Gasteiger partial charge in [0.1, 0.15) is 5.75 Å². The Hall–Kier alpha value is -3.61. The number of carbonyl (C=O) groups excluding carboxylic acids is 2. The molecule has 138 valence electrons. The Kier molecular flexibility index (Phi) is 5.84. The molecule has 0 aliphatic rings. The van der Waals surface area contributed by atoms with Gasteiger partial charge in [-0.3, -0.25) is 14.3 Å². The molecule has 2 amide bonds. The Morgan fingerprint density at radius 3 is 2.37 bits per heavy atom. The van der Waals surface area contributed by atoms with Gasteiger partial charge in [-0.1, -0.05) is 24.3 Å². The van der Waals surface area contributed by atoms with E-state index in [-0.39, 0.29) is 18.9 Å². The molecule has 0 radical (unpaired) electrons. The van der Waals surface area contributed by atoms with Gasteiger partial charge >= 0.3 is 0 Å². The molecule has 0 saturated carbocycles. The summed E-state index contributed by atoms with van der Waals surface area (Å²) in [6, 6.07) is 16.3. The highest BCUT2D eigenvalue weighted by molar-refractivity contribution is 5.91. The summed E-state index contributed by atoms with van der Waals surface area (Å²) in [5.41, 5.74) is 7.74. The highest BCUT2D eigenvalue weighted by Gasteiger charge is 2.05. The van der Waals surface area contributed by atoms with E-state index in [9.17, 15) is 9.59 Å². The molecule has 3 rings (SSSR count). The van der Waals surface area contributed by atoms with E-state index >= 15 is 0 Å². The maximum Gasteiger partial charge on any atom is 0.262 e. The zero-order valence-corrected chi connectivity index (χ0v) is 14.7. The van der Waals surface area contributed by atoms with Crippen molar-refractivity contribution in [3.63, 3.8) is 0 Å². The lowest BCUT2D eigenvalue weighted by Gasteiger charge is -2.09. The number of anilines is 1. The third kappa shape index (κ3) is 5.71. The van der Waals surface area contributed by atoms with Crippen LogP contribution < -0.4 is 15.8 Å². The first-order valence-corrected chi connectivity index (χ1v) is 8.45. The Labute approximate surface area is 156 Å². The standard InChI is InChI=1S/C20H20N4O3/c21-19(25)12-15-4-8-18(9-5-15)27-14-20(26)23-17-6-2-16(3-7-17)13-24-11-1-10-22-24/h1-11H,12-14H2,(H2,21,25)(H,23,26). The number of nitrogens with one attached hydrogen (secondary N) is 1. The Morgan fingerprint density at radius 2 is 1.74 bits per heavy atom. The summed E-state index contributed by atoms with van der Waals surface area (Å²) in [6.07, 6.45) is 3.81. The van der Waals surface area contributed by atoms with E-state index in [0.717, 1.165) is 11.1 Å². The number of rotatable bonds is 8. The second kappa shape index (κ2) is 8.66. The van der Waals surface area contributed by atoms with Crippen LogP contribution in [-0.4, -0.2) is 28.2 Å². The van der Waals surface area contributed by atoms with Crippen LogP contribution in [0.1, 0.15) is 11.1 Å². The molecule has 0 atom stereocenters. The van der Waals surface area contributed by atoms with E-state index in [1.54, 1.807) is 30.5 Å². The van der Waals surface area contributed by atoms with Gasteiger partial charge in [-0.25, -0.2) is 0 Å². The van der Waals surface area contributed by atoms with Gasteiger partial charge in [-0.15, -0.1) is 0 Å². The first-order chi connectivity index (χ1) is 13.1. The van der Waals surface area contributed by atoms with Gasteiger partial charge in [0.25, 0.3) is 5.91 Å². The fraction of sp³-hybridized carbons (Fsp3) is 0.150. The van der Waals surface area contributed by atoms with Gasteiger partial charge in [0.2, 0.25) is 5.91 Å². The van der Waals surface area contributed by atoms with E-state index < -0.39 is 5.91 Å². The van der Waals surface area contributed by atoms with E-state index in [1.165, 1.54) is 0 Å². The minimum Gasteiger partial charge on any atom is -0.484 e. The fourth-order valence-electron chi connectivity index (χ4n) is 2.53. The zero-order chi connectivity index (χ0) is 19.1. The number of nitrogens with zero attached hydrogens (tertiary/aromatic N) is 2. The van der Waals surface area contributed by atoms with Crippen molar-refractivity contribution in [2.75, 3.05) is 11.9 Å². The SMILES string of the molecule is NC(=O)Cc1ccc(OCC(=O)Nc2ccc(Cn3cccn3)cc2)cc1. The van der Waals surface area contributed by atoms with Crippen LogP contribution in [-0.2, 0) is 22.6 Å². The van der Waals surface area contributed by atoms with Crippen LogP contribution in [0.4, 0.5) is 5.69 Å². The maximum atomic E-state index is 12.0. The molecule has 27 heavy (non-hydrogen) atoms. The van der Waals surface area contributed by atoms with Crippen molar-refractivity contribution in [3.05, 3.63) is 78.1 Å².